The SMILES string of the molecule is Cc1onc(-c2ccccc2Cl)c1C(=O)NC1C(=O)N2C1SC(C)(C)C2C(=O)O.O.[Na+]. The molecule has 0 spiro atoms. The van der Waals surface area contributed by atoms with Crippen LogP contribution in [0.2, 0.25) is 5.02 Å². The van der Waals surface area contributed by atoms with Crippen LogP contribution < -0.4 is 34.9 Å². The number of carbonyl (C=O) groups is 3. The molecule has 2 aromatic rings. The molecule has 4 rings (SSSR count). The van der Waals surface area contributed by atoms with Crippen LogP contribution in [0.3, 0.4) is 0 Å². The molecule has 1 aromatic heterocycles. The normalized spacial score (nSPS) is 23.2. The van der Waals surface area contributed by atoms with E-state index in [1.165, 1.54) is 16.7 Å². The summed E-state index contributed by atoms with van der Waals surface area (Å²) >= 11 is 7.59. The summed E-state index contributed by atoms with van der Waals surface area (Å²) in [4.78, 5) is 38.6. The van der Waals surface area contributed by atoms with Crippen LogP contribution in [0.1, 0.15) is 30.0 Å². The molecule has 3 heterocycles. The van der Waals surface area contributed by atoms with Crippen LogP contribution in [0, 0.1) is 6.92 Å². The first-order valence-electron chi connectivity index (χ1n) is 8.88. The van der Waals surface area contributed by atoms with E-state index in [1.807, 2.05) is 0 Å². The number of carboxylic acids is 1. The van der Waals surface area contributed by atoms with E-state index in [4.69, 9.17) is 16.1 Å². The predicted molar refractivity (Wildman–Crippen MR) is 110 cm³/mol. The second kappa shape index (κ2) is 9.13. The summed E-state index contributed by atoms with van der Waals surface area (Å²) < 4.78 is 4.54. The molecule has 31 heavy (non-hydrogen) atoms. The number of carboxylic acid groups (broad SMARTS) is 1. The van der Waals surface area contributed by atoms with Crippen molar-refractivity contribution in [3.63, 3.8) is 0 Å². The molecule has 160 valence electrons. The van der Waals surface area contributed by atoms with Crippen molar-refractivity contribution in [1.82, 2.24) is 15.4 Å². The van der Waals surface area contributed by atoms with Crippen LogP contribution in [0.25, 0.3) is 11.3 Å². The smallest absolute Gasteiger partial charge is 0.480 e. The second-order valence-corrected chi connectivity index (χ2v) is 9.67. The number of amides is 2. The van der Waals surface area contributed by atoms with E-state index >= 15 is 0 Å². The number of nitrogens with zero attached hydrogens (tertiary/aromatic N) is 2. The molecule has 9 nitrogen and oxygen atoms in total. The maximum atomic E-state index is 13.0. The first-order valence-corrected chi connectivity index (χ1v) is 10.1. The molecule has 2 saturated heterocycles. The molecule has 0 aliphatic carbocycles. The zero-order chi connectivity index (χ0) is 21.1. The number of rotatable bonds is 4. The fourth-order valence-corrected chi connectivity index (χ4v) is 5.69. The number of benzene rings is 1. The van der Waals surface area contributed by atoms with Crippen molar-refractivity contribution >= 4 is 41.1 Å². The number of halogens is 1. The van der Waals surface area contributed by atoms with E-state index in [9.17, 15) is 19.5 Å². The summed E-state index contributed by atoms with van der Waals surface area (Å²) in [6, 6.07) is 5.18. The standard InChI is InChI=1S/C19H18ClN3O5S.Na.H2O/c1-8-11(12(22-28-8)9-6-4-5-7-10(9)20)15(24)21-13-16(25)23-14(18(26)27)19(2,3)29-17(13)23;;/h4-7,13-14,17H,1-3H3,(H,21,24)(H,26,27);;1H2/q;+1;. The van der Waals surface area contributed by atoms with E-state index in [1.54, 1.807) is 45.0 Å². The fourth-order valence-electron chi connectivity index (χ4n) is 3.84. The van der Waals surface area contributed by atoms with Crippen molar-refractivity contribution in [2.75, 3.05) is 0 Å². The van der Waals surface area contributed by atoms with Gasteiger partial charge < -0.3 is 25.3 Å². The molecule has 1 aromatic carbocycles. The number of aromatic nitrogens is 1. The zero-order valence-corrected chi connectivity index (χ0v) is 20.9. The van der Waals surface area contributed by atoms with Gasteiger partial charge in [0, 0.05) is 10.3 Å². The summed E-state index contributed by atoms with van der Waals surface area (Å²) in [5.41, 5.74) is 1.03. The van der Waals surface area contributed by atoms with Gasteiger partial charge in [-0.25, -0.2) is 4.79 Å². The van der Waals surface area contributed by atoms with Crippen LogP contribution in [0.5, 0.6) is 0 Å². The maximum absolute atomic E-state index is 13.0. The maximum Gasteiger partial charge on any atom is 1.00 e. The molecule has 3 unspecified atom stereocenters. The van der Waals surface area contributed by atoms with Crippen LogP contribution >= 0.6 is 23.4 Å². The summed E-state index contributed by atoms with van der Waals surface area (Å²) in [7, 11) is 0. The quantitative estimate of drug-likeness (QED) is 0.413. The van der Waals surface area contributed by atoms with Gasteiger partial charge in [0.1, 0.15) is 34.5 Å². The molecule has 12 heteroatoms. The summed E-state index contributed by atoms with van der Waals surface area (Å²) in [5, 5.41) is 16.2. The minimum Gasteiger partial charge on any atom is -0.480 e. The molecule has 0 bridgehead atoms. The fraction of sp³-hybridized carbons (Fsp3) is 0.368. The van der Waals surface area contributed by atoms with Crippen molar-refractivity contribution in [2.45, 2.75) is 43.0 Å². The first-order chi connectivity index (χ1) is 13.6. The largest absolute Gasteiger partial charge is 1.00 e. The summed E-state index contributed by atoms with van der Waals surface area (Å²) in [6.45, 7) is 5.16. The van der Waals surface area contributed by atoms with Crippen molar-refractivity contribution in [3.8, 4) is 11.3 Å². The van der Waals surface area contributed by atoms with Gasteiger partial charge >= 0.3 is 35.5 Å². The van der Waals surface area contributed by atoms with E-state index in [-0.39, 0.29) is 46.3 Å². The van der Waals surface area contributed by atoms with Gasteiger partial charge in [-0.15, -0.1) is 11.8 Å². The van der Waals surface area contributed by atoms with Gasteiger partial charge in [-0.1, -0.05) is 35.0 Å². The Hall–Kier alpha value is -1.56. The first kappa shape index (κ1) is 25.7. The number of aryl methyl sites for hydroxylation is 1. The van der Waals surface area contributed by atoms with Crippen molar-refractivity contribution in [1.29, 1.82) is 0 Å². The molecule has 2 fully saturated rings. The third kappa shape index (κ3) is 4.12. The van der Waals surface area contributed by atoms with Gasteiger partial charge in [-0.3, -0.25) is 9.59 Å². The van der Waals surface area contributed by atoms with E-state index < -0.39 is 40.0 Å². The zero-order valence-electron chi connectivity index (χ0n) is 17.3. The Bertz CT molecular complexity index is 1050. The van der Waals surface area contributed by atoms with Crippen LogP contribution in [-0.4, -0.2) is 60.6 Å². The monoisotopic (exact) mass is 476 g/mol. The van der Waals surface area contributed by atoms with Gasteiger partial charge in [0.25, 0.3) is 5.91 Å². The number of fused-ring (bicyclic) bond motifs is 1. The minimum atomic E-state index is -1.06. The molecule has 0 radical (unpaired) electrons. The van der Waals surface area contributed by atoms with Crippen LogP contribution in [0.4, 0.5) is 0 Å². The topological polar surface area (TPSA) is 144 Å². The number of carbonyl (C=O) groups excluding carboxylic acids is 2. The molecular weight excluding hydrogens is 457 g/mol. The Kier molecular flexibility index (Phi) is 7.57. The molecule has 2 aliphatic rings. The van der Waals surface area contributed by atoms with Gasteiger partial charge in [0.2, 0.25) is 5.91 Å². The number of hydrogen-bond acceptors (Lipinski definition) is 6. The van der Waals surface area contributed by atoms with Gasteiger partial charge in [0.15, 0.2) is 0 Å². The van der Waals surface area contributed by atoms with Crippen molar-refractivity contribution < 1.29 is 59.0 Å². The number of thioether (sulfide) groups is 1. The third-order valence-corrected chi connectivity index (χ3v) is 7.08. The molecular formula is C19H20ClN3NaO6S+. The Balaban J connectivity index is 0.00000171. The molecule has 3 atom stereocenters. The molecule has 0 saturated carbocycles. The third-order valence-electron chi connectivity index (χ3n) is 5.18. The van der Waals surface area contributed by atoms with Crippen molar-refractivity contribution in [3.05, 3.63) is 40.6 Å². The predicted octanol–water partition coefficient (Wildman–Crippen LogP) is -1.27. The second-order valence-electron chi connectivity index (χ2n) is 7.49. The van der Waals surface area contributed by atoms with E-state index in [0.29, 0.717) is 16.3 Å². The van der Waals surface area contributed by atoms with Crippen molar-refractivity contribution in [2.24, 2.45) is 0 Å². The van der Waals surface area contributed by atoms with Gasteiger partial charge in [-0.2, -0.15) is 0 Å². The summed E-state index contributed by atoms with van der Waals surface area (Å²) in [6.07, 6.45) is 0. The Labute approximate surface area is 209 Å². The average Bonchev–Trinajstić information content (AvgIpc) is 3.15. The van der Waals surface area contributed by atoms with Gasteiger partial charge in [-0.05, 0) is 26.8 Å². The van der Waals surface area contributed by atoms with Crippen LogP contribution in [-0.2, 0) is 9.59 Å². The molecule has 2 amide bonds. The number of aliphatic carboxylic acids is 1. The molecule has 2 aliphatic heterocycles. The average molecular weight is 477 g/mol. The minimum absolute atomic E-state index is 0. The number of β-lactam (4-membered cyclic amide) rings is 1. The Morgan fingerprint density at radius 2 is 1.97 bits per heavy atom. The van der Waals surface area contributed by atoms with E-state index in [0.717, 1.165) is 0 Å². The number of hydrogen-bond donors (Lipinski definition) is 2. The molecule has 4 N–H and O–H groups in total. The Morgan fingerprint density at radius 1 is 1.32 bits per heavy atom. The van der Waals surface area contributed by atoms with Crippen LogP contribution in [0.15, 0.2) is 28.8 Å². The van der Waals surface area contributed by atoms with Gasteiger partial charge in [0.05, 0.1) is 5.02 Å². The number of nitrogens with one attached hydrogen (secondary N) is 1. The Morgan fingerprint density at radius 3 is 2.58 bits per heavy atom. The van der Waals surface area contributed by atoms with E-state index in [2.05, 4.69) is 10.5 Å². The summed E-state index contributed by atoms with van der Waals surface area (Å²) in [5.74, 6) is -1.70.